The Labute approximate surface area is 91.4 Å². The molecule has 2 fully saturated rings. The van der Waals surface area contributed by atoms with Gasteiger partial charge in [0.15, 0.2) is 0 Å². The van der Waals surface area contributed by atoms with Gasteiger partial charge in [-0.3, -0.25) is 4.79 Å². The van der Waals surface area contributed by atoms with Crippen molar-refractivity contribution in [2.75, 3.05) is 7.11 Å². The first kappa shape index (κ1) is 10.9. The van der Waals surface area contributed by atoms with E-state index < -0.39 is 0 Å². The summed E-state index contributed by atoms with van der Waals surface area (Å²) in [6, 6.07) is 0.125. The van der Waals surface area contributed by atoms with Crippen LogP contribution in [-0.4, -0.2) is 19.1 Å². The largest absolute Gasteiger partial charge is 0.469 e. The van der Waals surface area contributed by atoms with Gasteiger partial charge in [0.05, 0.1) is 12.5 Å². The van der Waals surface area contributed by atoms with Gasteiger partial charge in [0.2, 0.25) is 0 Å². The van der Waals surface area contributed by atoms with Gasteiger partial charge >= 0.3 is 5.97 Å². The van der Waals surface area contributed by atoms with E-state index in [0.29, 0.717) is 0 Å². The monoisotopic (exact) mass is 211 g/mol. The highest BCUT2D eigenvalue weighted by molar-refractivity contribution is 5.79. The Morgan fingerprint density at radius 3 is 2.27 bits per heavy atom. The highest BCUT2D eigenvalue weighted by Crippen LogP contribution is 2.71. The van der Waals surface area contributed by atoms with Crippen molar-refractivity contribution in [3.8, 4) is 0 Å². The molecule has 2 aliphatic carbocycles. The number of hydrogen-bond donors (Lipinski definition) is 1. The molecule has 2 bridgehead atoms. The van der Waals surface area contributed by atoms with Gasteiger partial charge in [-0.1, -0.05) is 20.8 Å². The molecular weight excluding hydrogens is 190 g/mol. The first-order valence-corrected chi connectivity index (χ1v) is 5.66. The summed E-state index contributed by atoms with van der Waals surface area (Å²) < 4.78 is 4.99. The lowest BCUT2D eigenvalue weighted by Gasteiger charge is -2.39. The van der Waals surface area contributed by atoms with Crippen LogP contribution in [-0.2, 0) is 9.53 Å². The molecule has 2 saturated carbocycles. The predicted molar refractivity (Wildman–Crippen MR) is 58.2 cm³/mol. The summed E-state index contributed by atoms with van der Waals surface area (Å²) in [6.45, 7) is 6.56. The van der Waals surface area contributed by atoms with Crippen LogP contribution in [0.4, 0.5) is 0 Å². The van der Waals surface area contributed by atoms with Gasteiger partial charge in [0.1, 0.15) is 0 Å². The first-order valence-electron chi connectivity index (χ1n) is 5.66. The van der Waals surface area contributed by atoms with Crippen molar-refractivity contribution in [3.05, 3.63) is 0 Å². The van der Waals surface area contributed by atoms with Crippen molar-refractivity contribution in [2.45, 2.75) is 46.1 Å². The third-order valence-corrected chi connectivity index (χ3v) is 5.66. The number of nitrogens with two attached hydrogens (primary N) is 1. The van der Waals surface area contributed by atoms with Crippen LogP contribution in [0.2, 0.25) is 0 Å². The summed E-state index contributed by atoms with van der Waals surface area (Å²) in [5.74, 6) is -0.0656. The predicted octanol–water partition coefficient (Wildman–Crippen LogP) is 1.70. The van der Waals surface area contributed by atoms with E-state index in [-0.39, 0.29) is 28.3 Å². The maximum absolute atomic E-state index is 12.0. The molecule has 0 heterocycles. The molecule has 0 aromatic rings. The van der Waals surface area contributed by atoms with E-state index in [1.54, 1.807) is 0 Å². The average Bonchev–Trinajstić information content (AvgIpc) is 2.47. The molecule has 0 unspecified atom stereocenters. The van der Waals surface area contributed by atoms with E-state index >= 15 is 0 Å². The Morgan fingerprint density at radius 2 is 1.93 bits per heavy atom. The zero-order valence-electron chi connectivity index (χ0n) is 10.1. The molecule has 0 saturated heterocycles. The minimum absolute atomic E-state index is 0.0491. The second-order valence-corrected chi connectivity index (χ2v) is 5.93. The Kier molecular flexibility index (Phi) is 2.01. The van der Waals surface area contributed by atoms with Crippen LogP contribution in [0.25, 0.3) is 0 Å². The van der Waals surface area contributed by atoms with Gasteiger partial charge < -0.3 is 10.5 Å². The Morgan fingerprint density at radius 1 is 1.33 bits per heavy atom. The number of carbonyl (C=O) groups is 1. The van der Waals surface area contributed by atoms with E-state index in [4.69, 9.17) is 10.5 Å². The van der Waals surface area contributed by atoms with Gasteiger partial charge in [-0.2, -0.15) is 0 Å². The third kappa shape index (κ3) is 0.930. The molecule has 0 radical (unpaired) electrons. The Bertz CT molecular complexity index is 313. The summed E-state index contributed by atoms with van der Waals surface area (Å²) in [5, 5.41) is 0. The number of rotatable bonds is 1. The van der Waals surface area contributed by atoms with Crippen molar-refractivity contribution in [1.29, 1.82) is 0 Å². The van der Waals surface area contributed by atoms with Crippen molar-refractivity contribution in [1.82, 2.24) is 0 Å². The Balaban J connectivity index is 2.49. The lowest BCUT2D eigenvalue weighted by Crippen LogP contribution is -2.42. The Hall–Kier alpha value is -0.570. The number of carbonyl (C=O) groups excluding carboxylic acids is 1. The number of hydrogen-bond acceptors (Lipinski definition) is 3. The molecule has 0 aliphatic heterocycles. The summed E-state index contributed by atoms with van der Waals surface area (Å²) in [4.78, 5) is 12.0. The van der Waals surface area contributed by atoms with Gasteiger partial charge in [-0.25, -0.2) is 0 Å². The van der Waals surface area contributed by atoms with Crippen LogP contribution < -0.4 is 5.73 Å². The quantitative estimate of drug-likeness (QED) is 0.672. The first-order chi connectivity index (χ1) is 6.82. The highest BCUT2D eigenvalue weighted by Gasteiger charge is 2.72. The van der Waals surface area contributed by atoms with Gasteiger partial charge in [0.25, 0.3) is 0 Å². The van der Waals surface area contributed by atoms with Gasteiger partial charge in [0, 0.05) is 6.04 Å². The van der Waals surface area contributed by atoms with Gasteiger partial charge in [-0.15, -0.1) is 0 Å². The van der Waals surface area contributed by atoms with Crippen molar-refractivity contribution < 1.29 is 9.53 Å². The molecule has 0 amide bonds. The molecule has 2 N–H and O–H groups in total. The van der Waals surface area contributed by atoms with Crippen molar-refractivity contribution in [2.24, 2.45) is 22.0 Å². The van der Waals surface area contributed by atoms with Crippen LogP contribution in [0.3, 0.4) is 0 Å². The lowest BCUT2D eigenvalue weighted by atomic mass is 9.65. The number of methoxy groups -OCH3 is 1. The molecule has 2 aliphatic rings. The molecule has 15 heavy (non-hydrogen) atoms. The smallest absolute Gasteiger partial charge is 0.312 e. The molecule has 3 heteroatoms. The zero-order valence-corrected chi connectivity index (χ0v) is 10.1. The molecule has 86 valence electrons. The van der Waals surface area contributed by atoms with Crippen LogP contribution in [0, 0.1) is 16.2 Å². The molecule has 0 aromatic heterocycles. The maximum Gasteiger partial charge on any atom is 0.312 e. The minimum Gasteiger partial charge on any atom is -0.469 e. The molecule has 0 aromatic carbocycles. The van der Waals surface area contributed by atoms with E-state index in [1.165, 1.54) is 7.11 Å². The summed E-state index contributed by atoms with van der Waals surface area (Å²) in [6.07, 6.45) is 2.75. The van der Waals surface area contributed by atoms with Crippen LogP contribution in [0.15, 0.2) is 0 Å². The zero-order chi connectivity index (χ0) is 11.5. The highest BCUT2D eigenvalue weighted by atomic mass is 16.5. The lowest BCUT2D eigenvalue weighted by molar-refractivity contribution is -0.158. The molecule has 3 atom stereocenters. The fraction of sp³-hybridized carbons (Fsp3) is 0.917. The van der Waals surface area contributed by atoms with Crippen LogP contribution >= 0.6 is 0 Å². The fourth-order valence-corrected chi connectivity index (χ4v) is 3.89. The second-order valence-electron chi connectivity index (χ2n) is 5.93. The standard InChI is InChI=1S/C12H21NO2/c1-10(2)11(3)5-6-12(10,7-8(11)13)9(14)15-4/h8H,5-7,13H2,1-4H3/t8-,11+,12+/m0/s1. The second kappa shape index (κ2) is 2.76. The van der Waals surface area contributed by atoms with Gasteiger partial charge in [-0.05, 0) is 30.1 Å². The molecule has 2 rings (SSSR count). The number of fused-ring (bicyclic) bond motifs is 2. The topological polar surface area (TPSA) is 52.3 Å². The van der Waals surface area contributed by atoms with E-state index in [9.17, 15) is 4.79 Å². The van der Waals surface area contributed by atoms with Crippen molar-refractivity contribution in [3.63, 3.8) is 0 Å². The van der Waals surface area contributed by atoms with E-state index in [2.05, 4.69) is 20.8 Å². The molecule has 3 nitrogen and oxygen atoms in total. The molecular formula is C12H21NO2. The van der Waals surface area contributed by atoms with Crippen molar-refractivity contribution >= 4 is 5.97 Å². The minimum atomic E-state index is -0.337. The average molecular weight is 211 g/mol. The van der Waals surface area contributed by atoms with Crippen LogP contribution in [0.5, 0.6) is 0 Å². The van der Waals surface area contributed by atoms with E-state index in [1.807, 2.05) is 0 Å². The maximum atomic E-state index is 12.0. The summed E-state index contributed by atoms with van der Waals surface area (Å²) in [5.41, 5.74) is 5.90. The third-order valence-electron chi connectivity index (χ3n) is 5.66. The van der Waals surface area contributed by atoms with Crippen LogP contribution in [0.1, 0.15) is 40.0 Å². The number of ether oxygens (including phenoxy) is 1. The van der Waals surface area contributed by atoms with E-state index in [0.717, 1.165) is 19.3 Å². The fourth-order valence-electron chi connectivity index (χ4n) is 3.89. The molecule has 0 spiro atoms. The summed E-state index contributed by atoms with van der Waals surface area (Å²) in [7, 11) is 1.48. The normalized spacial score (nSPS) is 46.9. The number of esters is 1. The SMILES string of the molecule is COC(=O)[C@@]12CC[C@](C)([C@@H](N)C1)C2(C)C. The summed E-state index contributed by atoms with van der Waals surface area (Å²) >= 11 is 0.